The third kappa shape index (κ3) is 4.82. The minimum Gasteiger partial charge on any atom is -0.428 e. The van der Waals surface area contributed by atoms with E-state index in [9.17, 15) is 52.3 Å². The minimum atomic E-state index is -7.73. The fourth-order valence-corrected chi connectivity index (χ4v) is 3.05. The van der Waals surface area contributed by atoms with Gasteiger partial charge in [0.25, 0.3) is 0 Å². The van der Waals surface area contributed by atoms with Crippen LogP contribution in [0, 0.1) is 0 Å². The lowest BCUT2D eigenvalue weighted by atomic mass is 9.80. The van der Waals surface area contributed by atoms with E-state index in [-0.39, 0.29) is 5.56 Å². The molecule has 34 heavy (non-hydrogen) atoms. The number of hydrogen-bond acceptors (Lipinski definition) is 3. The highest BCUT2D eigenvalue weighted by Gasteiger charge is 2.90. The summed E-state index contributed by atoms with van der Waals surface area (Å²) in [6, 6.07) is 3.02. The van der Waals surface area contributed by atoms with Gasteiger partial charge in [0.05, 0.1) is 0 Å². The van der Waals surface area contributed by atoms with Crippen LogP contribution in [0.4, 0.5) is 43.9 Å². The summed E-state index contributed by atoms with van der Waals surface area (Å²) in [5.74, 6) is -24.0. The van der Waals surface area contributed by atoms with Crippen molar-refractivity contribution < 1.29 is 61.6 Å². The van der Waals surface area contributed by atoms with Crippen LogP contribution >= 0.6 is 0 Å². The van der Waals surface area contributed by atoms with Crippen LogP contribution in [-0.2, 0) is 20.9 Å². The molecular formula is C19H22F10O4S. The molecule has 0 bridgehead atoms. The first-order valence-electron chi connectivity index (χ1n) is 9.26. The van der Waals surface area contributed by atoms with E-state index in [2.05, 4.69) is 4.74 Å². The van der Waals surface area contributed by atoms with E-state index in [4.69, 9.17) is 4.55 Å². The Morgan fingerprint density at radius 1 is 0.706 bits per heavy atom. The van der Waals surface area contributed by atoms with Gasteiger partial charge in [-0.05, 0) is 22.5 Å². The van der Waals surface area contributed by atoms with Gasteiger partial charge in [-0.1, -0.05) is 53.7 Å². The van der Waals surface area contributed by atoms with Crippen molar-refractivity contribution in [1.29, 1.82) is 0 Å². The number of benzene rings is 1. The smallest absolute Gasteiger partial charge is 0.428 e. The summed E-state index contributed by atoms with van der Waals surface area (Å²) in [4.78, 5) is 0. The molecule has 4 nitrogen and oxygen atoms in total. The van der Waals surface area contributed by atoms with Crippen LogP contribution < -0.4 is 4.74 Å². The molecule has 1 aromatic carbocycles. The lowest BCUT2D eigenvalue weighted by molar-refractivity contribution is -0.423. The van der Waals surface area contributed by atoms with Gasteiger partial charge in [-0.15, -0.1) is 0 Å². The van der Waals surface area contributed by atoms with Crippen LogP contribution in [0.25, 0.3) is 0 Å². The highest BCUT2D eigenvalue weighted by Crippen LogP contribution is 2.58. The van der Waals surface area contributed by atoms with E-state index < -0.39 is 55.8 Å². The molecule has 0 fully saturated rings. The predicted octanol–water partition coefficient (Wildman–Crippen LogP) is 6.64. The molecule has 198 valence electrons. The molecule has 0 spiro atoms. The Hall–Kier alpha value is -1.77. The number of halogens is 10. The maximum Gasteiger partial charge on any atom is 0.471 e. The second-order valence-electron chi connectivity index (χ2n) is 9.54. The fourth-order valence-electron chi connectivity index (χ4n) is 2.60. The van der Waals surface area contributed by atoms with E-state index in [1.807, 2.05) is 0 Å². The zero-order valence-corrected chi connectivity index (χ0v) is 19.4. The lowest BCUT2D eigenvalue weighted by Gasteiger charge is -2.38. The van der Waals surface area contributed by atoms with Crippen molar-refractivity contribution >= 4 is 10.1 Å². The van der Waals surface area contributed by atoms with Crippen LogP contribution in [0.15, 0.2) is 18.2 Å². The van der Waals surface area contributed by atoms with Crippen molar-refractivity contribution in [3.8, 4) is 5.75 Å². The monoisotopic (exact) mass is 536 g/mol. The van der Waals surface area contributed by atoms with E-state index in [1.165, 1.54) is 26.8 Å². The van der Waals surface area contributed by atoms with Crippen molar-refractivity contribution in [2.45, 2.75) is 81.5 Å². The fraction of sp³-hybridized carbons (Fsp3) is 0.684. The van der Waals surface area contributed by atoms with Gasteiger partial charge in [0.15, 0.2) is 0 Å². The summed E-state index contributed by atoms with van der Waals surface area (Å²) in [6.45, 7) is 9.26. The molecule has 0 aromatic heterocycles. The van der Waals surface area contributed by atoms with Gasteiger partial charge in [0.2, 0.25) is 0 Å². The Kier molecular flexibility index (Phi) is 7.24. The summed E-state index contributed by atoms with van der Waals surface area (Å²) in [5.41, 5.74) is -1.54. The van der Waals surface area contributed by atoms with Gasteiger partial charge in [-0.25, -0.2) is 0 Å². The summed E-state index contributed by atoms with van der Waals surface area (Å²) in [6.07, 6.45) is -6.56. The molecule has 1 N–H and O–H groups in total. The Bertz CT molecular complexity index is 1020. The van der Waals surface area contributed by atoms with Gasteiger partial charge >= 0.3 is 39.2 Å². The predicted molar refractivity (Wildman–Crippen MR) is 101 cm³/mol. The summed E-state index contributed by atoms with van der Waals surface area (Å²) < 4.78 is 171. The highest BCUT2D eigenvalue weighted by molar-refractivity contribution is 7.87. The molecule has 0 aliphatic rings. The third-order valence-electron chi connectivity index (χ3n) is 4.74. The Morgan fingerprint density at radius 2 is 1.15 bits per heavy atom. The molecule has 1 rings (SSSR count). The molecular weight excluding hydrogens is 514 g/mol. The molecule has 0 saturated carbocycles. The SMILES string of the molecule is CC(C)(C)c1ccc(OC(F)(F)C(F)(F)C(F)(F)C(F)(F)C(F)(F)S(=O)(=O)O)c(C(C)(C)C)c1. The van der Waals surface area contributed by atoms with Gasteiger partial charge in [-0.3, -0.25) is 4.55 Å². The Labute approximate surface area is 189 Å². The summed E-state index contributed by atoms with van der Waals surface area (Å²) in [7, 11) is -7.44. The second-order valence-corrected chi connectivity index (χ2v) is 11.0. The van der Waals surface area contributed by atoms with Crippen molar-refractivity contribution in [2.24, 2.45) is 0 Å². The minimum absolute atomic E-state index is 0.242. The first kappa shape index (κ1) is 30.3. The average Bonchev–Trinajstić information content (AvgIpc) is 2.58. The van der Waals surface area contributed by atoms with E-state index in [0.29, 0.717) is 11.6 Å². The average molecular weight is 536 g/mol. The molecule has 1 aromatic rings. The van der Waals surface area contributed by atoms with Gasteiger partial charge in [0.1, 0.15) is 5.75 Å². The van der Waals surface area contributed by atoms with Crippen molar-refractivity contribution in [3.63, 3.8) is 0 Å². The normalized spacial score (nSPS) is 15.4. The van der Waals surface area contributed by atoms with E-state index >= 15 is 0 Å². The third-order valence-corrected chi connectivity index (χ3v) is 5.64. The van der Waals surface area contributed by atoms with Crippen molar-refractivity contribution in [3.05, 3.63) is 29.3 Å². The molecule has 0 saturated heterocycles. The zero-order valence-electron chi connectivity index (χ0n) is 18.6. The van der Waals surface area contributed by atoms with Crippen LogP contribution in [0.3, 0.4) is 0 Å². The summed E-state index contributed by atoms with van der Waals surface area (Å²) >= 11 is 0. The quantitative estimate of drug-likeness (QED) is 0.314. The molecule has 0 heterocycles. The molecule has 0 aliphatic carbocycles. The van der Waals surface area contributed by atoms with Gasteiger partial charge < -0.3 is 4.74 Å². The first-order valence-corrected chi connectivity index (χ1v) is 10.7. The molecule has 0 amide bonds. The number of alkyl halides is 10. The zero-order chi connectivity index (χ0) is 27.6. The number of rotatable bonds is 7. The van der Waals surface area contributed by atoms with Gasteiger partial charge in [-0.2, -0.15) is 52.3 Å². The summed E-state index contributed by atoms with van der Waals surface area (Å²) in [5, 5.41) is -7.26. The van der Waals surface area contributed by atoms with Crippen LogP contribution in [0.5, 0.6) is 5.75 Å². The van der Waals surface area contributed by atoms with Crippen molar-refractivity contribution in [2.75, 3.05) is 0 Å². The molecule has 0 unspecified atom stereocenters. The largest absolute Gasteiger partial charge is 0.471 e. The highest BCUT2D eigenvalue weighted by atomic mass is 32.2. The number of hydrogen-bond donors (Lipinski definition) is 1. The molecule has 0 aliphatic heterocycles. The van der Waals surface area contributed by atoms with Gasteiger partial charge in [0, 0.05) is 5.56 Å². The number of ether oxygens (including phenoxy) is 1. The maximum absolute atomic E-state index is 14.3. The second kappa shape index (κ2) is 8.14. The van der Waals surface area contributed by atoms with Crippen LogP contribution in [-0.4, -0.2) is 42.1 Å². The lowest BCUT2D eigenvalue weighted by Crippen LogP contribution is -2.69. The maximum atomic E-state index is 14.3. The van der Waals surface area contributed by atoms with E-state index in [1.54, 1.807) is 20.8 Å². The van der Waals surface area contributed by atoms with Crippen molar-refractivity contribution in [1.82, 2.24) is 0 Å². The Morgan fingerprint density at radius 3 is 1.50 bits per heavy atom. The first-order chi connectivity index (χ1) is 14.6. The van der Waals surface area contributed by atoms with Crippen LogP contribution in [0.2, 0.25) is 0 Å². The Balaban J connectivity index is 3.67. The molecule has 0 atom stereocenters. The topological polar surface area (TPSA) is 63.6 Å². The standard InChI is InChI=1S/C19H22F10O4S/c1-13(2,3)10-7-8-12(11(9-10)14(4,5)6)33-18(26,27)16(22,23)15(20,21)17(24,25)19(28,29)34(30,31)32/h7-9H,1-6H3,(H,30,31,32). The molecule has 0 radical (unpaired) electrons. The van der Waals surface area contributed by atoms with Crippen LogP contribution in [0.1, 0.15) is 52.7 Å². The van der Waals surface area contributed by atoms with E-state index in [0.717, 1.165) is 6.07 Å². The molecule has 15 heteroatoms.